The van der Waals surface area contributed by atoms with Crippen LogP contribution in [0.15, 0.2) is 24.3 Å². The maximum atomic E-state index is 11.9. The van der Waals surface area contributed by atoms with Gasteiger partial charge in [-0.1, -0.05) is 31.2 Å². The van der Waals surface area contributed by atoms with Crippen molar-refractivity contribution in [1.29, 1.82) is 0 Å². The average molecular weight is 245 g/mol. The second kappa shape index (κ2) is 6.50. The molecule has 0 fully saturated rings. The predicted molar refractivity (Wildman–Crippen MR) is 77.7 cm³/mol. The summed E-state index contributed by atoms with van der Waals surface area (Å²) in [4.78, 5) is 13.9. The van der Waals surface area contributed by atoms with Crippen molar-refractivity contribution < 1.29 is 4.79 Å². The minimum Gasteiger partial charge on any atom is -0.309 e. The van der Waals surface area contributed by atoms with Gasteiger partial charge in [-0.25, -0.2) is 0 Å². The highest BCUT2D eigenvalue weighted by Crippen LogP contribution is 2.11. The molecule has 1 rings (SSSR count). The van der Waals surface area contributed by atoms with Crippen LogP contribution >= 0.6 is 0 Å². The molecule has 0 aliphatic rings. The van der Waals surface area contributed by atoms with Gasteiger partial charge in [-0.3, -0.25) is 4.79 Å². The van der Waals surface area contributed by atoms with Gasteiger partial charge in [0.1, 0.15) is 0 Å². The first kappa shape index (κ1) is 14.7. The first-order valence-electron chi connectivity index (χ1n) is 6.34. The molecule has 0 aliphatic carbocycles. The zero-order valence-electron chi connectivity index (χ0n) is 12.0. The van der Waals surface area contributed by atoms with Crippen LogP contribution in [0.5, 0.6) is 0 Å². The molecule has 0 amide bonds. The van der Waals surface area contributed by atoms with Crippen molar-refractivity contribution in [3.8, 4) is 0 Å². The third-order valence-corrected chi connectivity index (χ3v) is 3.10. The minimum atomic E-state index is 0.0443. The molecule has 0 aliphatic heterocycles. The summed E-state index contributed by atoms with van der Waals surface area (Å²) in [6.45, 7) is 6.93. The van der Waals surface area contributed by atoms with Crippen LogP contribution in [0.2, 0.25) is 0 Å². The summed E-state index contributed by atoms with van der Waals surface area (Å²) in [5.74, 6) is 0.227. The standard InChI is InChI=1S/C16H23NO/c1-12-6-7-15(10-13(12)2)8-9-16(18)14(3)11-17(4)5/h6-10,14H,11H2,1-5H3/b9-8+/t14-/m1/s1. The van der Waals surface area contributed by atoms with Crippen molar-refractivity contribution in [2.24, 2.45) is 5.92 Å². The zero-order valence-corrected chi connectivity index (χ0v) is 12.0. The number of benzene rings is 1. The number of carbonyl (C=O) groups is 1. The maximum absolute atomic E-state index is 11.9. The van der Waals surface area contributed by atoms with E-state index in [9.17, 15) is 4.79 Å². The highest BCUT2D eigenvalue weighted by Gasteiger charge is 2.10. The summed E-state index contributed by atoms with van der Waals surface area (Å²) in [5.41, 5.74) is 3.62. The summed E-state index contributed by atoms with van der Waals surface area (Å²) in [5, 5.41) is 0. The number of ketones is 1. The number of aryl methyl sites for hydroxylation is 2. The minimum absolute atomic E-state index is 0.0443. The fourth-order valence-corrected chi connectivity index (χ4v) is 1.85. The molecule has 2 heteroatoms. The molecule has 1 aromatic rings. The Morgan fingerprint density at radius 3 is 2.50 bits per heavy atom. The largest absolute Gasteiger partial charge is 0.309 e. The average Bonchev–Trinajstić information content (AvgIpc) is 2.29. The number of nitrogens with zero attached hydrogens (tertiary/aromatic N) is 1. The van der Waals surface area contributed by atoms with E-state index >= 15 is 0 Å². The van der Waals surface area contributed by atoms with E-state index in [1.807, 2.05) is 38.1 Å². The van der Waals surface area contributed by atoms with Gasteiger partial charge in [0.2, 0.25) is 0 Å². The summed E-state index contributed by atoms with van der Waals surface area (Å²) >= 11 is 0. The summed E-state index contributed by atoms with van der Waals surface area (Å²) in [7, 11) is 3.97. The molecule has 0 saturated heterocycles. The van der Waals surface area contributed by atoms with Crippen LogP contribution < -0.4 is 0 Å². The lowest BCUT2D eigenvalue weighted by Gasteiger charge is -2.13. The molecule has 0 bridgehead atoms. The number of hydrogen-bond acceptors (Lipinski definition) is 2. The van der Waals surface area contributed by atoms with Gasteiger partial charge >= 0.3 is 0 Å². The molecule has 2 nitrogen and oxygen atoms in total. The van der Waals surface area contributed by atoms with Crippen molar-refractivity contribution >= 4 is 11.9 Å². The van der Waals surface area contributed by atoms with Gasteiger partial charge < -0.3 is 4.90 Å². The van der Waals surface area contributed by atoms with Crippen LogP contribution in [0.25, 0.3) is 6.08 Å². The van der Waals surface area contributed by atoms with E-state index in [2.05, 4.69) is 26.0 Å². The molecule has 0 spiro atoms. The van der Waals surface area contributed by atoms with Gasteiger partial charge in [-0.15, -0.1) is 0 Å². The van der Waals surface area contributed by atoms with E-state index in [-0.39, 0.29) is 11.7 Å². The Hall–Kier alpha value is -1.41. The van der Waals surface area contributed by atoms with Gasteiger partial charge in [-0.05, 0) is 50.7 Å². The second-order valence-electron chi connectivity index (χ2n) is 5.24. The summed E-state index contributed by atoms with van der Waals surface area (Å²) in [6.07, 6.45) is 3.60. The molecule has 0 unspecified atom stereocenters. The maximum Gasteiger partial charge on any atom is 0.159 e. The topological polar surface area (TPSA) is 20.3 Å². The Bertz CT molecular complexity index is 446. The van der Waals surface area contributed by atoms with Gasteiger partial charge in [0.25, 0.3) is 0 Å². The van der Waals surface area contributed by atoms with E-state index in [1.165, 1.54) is 11.1 Å². The van der Waals surface area contributed by atoms with Crippen LogP contribution in [-0.4, -0.2) is 31.3 Å². The van der Waals surface area contributed by atoms with Crippen molar-refractivity contribution in [3.05, 3.63) is 41.0 Å². The van der Waals surface area contributed by atoms with Gasteiger partial charge in [-0.2, -0.15) is 0 Å². The molecule has 0 N–H and O–H groups in total. The van der Waals surface area contributed by atoms with E-state index in [1.54, 1.807) is 6.08 Å². The van der Waals surface area contributed by atoms with Crippen LogP contribution in [0.4, 0.5) is 0 Å². The highest BCUT2D eigenvalue weighted by molar-refractivity contribution is 5.95. The molecule has 18 heavy (non-hydrogen) atoms. The van der Waals surface area contributed by atoms with Crippen molar-refractivity contribution in [3.63, 3.8) is 0 Å². The monoisotopic (exact) mass is 245 g/mol. The van der Waals surface area contributed by atoms with Crippen LogP contribution in [0.3, 0.4) is 0 Å². The van der Waals surface area contributed by atoms with E-state index in [0.29, 0.717) is 0 Å². The predicted octanol–water partition coefficient (Wildman–Crippen LogP) is 3.08. The molecule has 0 heterocycles. The number of allylic oxidation sites excluding steroid dienone is 1. The SMILES string of the molecule is Cc1ccc(/C=C/C(=O)[C@H](C)CN(C)C)cc1C. The van der Waals surface area contributed by atoms with E-state index < -0.39 is 0 Å². The Balaban J connectivity index is 2.68. The lowest BCUT2D eigenvalue weighted by Crippen LogP contribution is -2.24. The van der Waals surface area contributed by atoms with Gasteiger partial charge in [0.15, 0.2) is 5.78 Å². The van der Waals surface area contributed by atoms with Crippen molar-refractivity contribution in [1.82, 2.24) is 4.90 Å². The van der Waals surface area contributed by atoms with Crippen molar-refractivity contribution in [2.75, 3.05) is 20.6 Å². The number of hydrogen-bond donors (Lipinski definition) is 0. The molecule has 0 aromatic heterocycles. The highest BCUT2D eigenvalue weighted by atomic mass is 16.1. The van der Waals surface area contributed by atoms with Crippen LogP contribution in [-0.2, 0) is 4.79 Å². The Labute approximate surface area is 110 Å². The lowest BCUT2D eigenvalue weighted by atomic mass is 10.0. The molecular weight excluding hydrogens is 222 g/mol. The van der Waals surface area contributed by atoms with E-state index in [0.717, 1.165) is 12.1 Å². The number of carbonyl (C=O) groups excluding carboxylic acids is 1. The second-order valence-corrected chi connectivity index (χ2v) is 5.24. The third kappa shape index (κ3) is 4.46. The summed E-state index contributed by atoms with van der Waals surface area (Å²) in [6, 6.07) is 6.24. The Morgan fingerprint density at radius 2 is 1.94 bits per heavy atom. The number of rotatable bonds is 5. The Kier molecular flexibility index (Phi) is 5.29. The molecule has 1 aromatic carbocycles. The molecule has 1 atom stereocenters. The summed E-state index contributed by atoms with van der Waals surface area (Å²) < 4.78 is 0. The van der Waals surface area contributed by atoms with Crippen molar-refractivity contribution in [2.45, 2.75) is 20.8 Å². The quantitative estimate of drug-likeness (QED) is 0.743. The fraction of sp³-hybridized carbons (Fsp3) is 0.438. The van der Waals surface area contributed by atoms with Gasteiger partial charge in [0.05, 0.1) is 0 Å². The molecule has 98 valence electrons. The van der Waals surface area contributed by atoms with Crippen LogP contribution in [0, 0.1) is 19.8 Å². The smallest absolute Gasteiger partial charge is 0.159 e. The van der Waals surface area contributed by atoms with E-state index in [4.69, 9.17) is 0 Å². The third-order valence-electron chi connectivity index (χ3n) is 3.10. The lowest BCUT2D eigenvalue weighted by molar-refractivity contribution is -0.118. The first-order valence-corrected chi connectivity index (χ1v) is 6.34. The molecule has 0 saturated carbocycles. The normalized spacial score (nSPS) is 13.2. The molecule has 0 radical (unpaired) electrons. The first-order chi connectivity index (χ1) is 8.40. The van der Waals surface area contributed by atoms with Gasteiger partial charge in [0, 0.05) is 12.5 Å². The molecular formula is C16H23NO. The zero-order chi connectivity index (χ0) is 13.7. The fourth-order valence-electron chi connectivity index (χ4n) is 1.85. The van der Waals surface area contributed by atoms with Crippen LogP contribution in [0.1, 0.15) is 23.6 Å². The Morgan fingerprint density at radius 1 is 1.28 bits per heavy atom.